The third-order valence-electron chi connectivity index (χ3n) is 3.89. The van der Waals surface area contributed by atoms with E-state index in [9.17, 15) is 4.79 Å². The van der Waals surface area contributed by atoms with Crippen molar-refractivity contribution < 1.29 is 19.0 Å². The zero-order valence-electron chi connectivity index (χ0n) is 16.3. The Labute approximate surface area is 161 Å². The van der Waals surface area contributed by atoms with Gasteiger partial charge in [0, 0.05) is 11.1 Å². The maximum Gasteiger partial charge on any atom is 0.323 e. The predicted molar refractivity (Wildman–Crippen MR) is 105 cm³/mol. The third-order valence-corrected chi connectivity index (χ3v) is 3.89. The van der Waals surface area contributed by atoms with Crippen LogP contribution >= 0.6 is 0 Å². The number of nitriles is 1. The van der Waals surface area contributed by atoms with E-state index in [1.807, 2.05) is 26.8 Å². The lowest BCUT2D eigenvalue weighted by atomic mass is 9.87. The van der Waals surface area contributed by atoms with Crippen LogP contribution in [0.25, 0.3) is 11.8 Å². The van der Waals surface area contributed by atoms with Crippen LogP contribution in [0.5, 0.6) is 0 Å². The number of benzene rings is 1. The van der Waals surface area contributed by atoms with Gasteiger partial charge in [0.2, 0.25) is 0 Å². The molecule has 1 atom stereocenters. The van der Waals surface area contributed by atoms with E-state index >= 15 is 0 Å². The molecule has 0 heterocycles. The minimum atomic E-state index is -0.674. The highest BCUT2D eigenvalue weighted by atomic mass is 16.6. The number of ether oxygens (including phenoxy) is 3. The number of nitrogens with two attached hydrogens (primary N) is 1. The Morgan fingerprint density at radius 2 is 1.89 bits per heavy atom. The number of nitrogens with zero attached hydrogens (tertiary/aromatic N) is 1. The Morgan fingerprint density at radius 1 is 1.26 bits per heavy atom. The standard InChI is InChI=1S/C21H28N2O4/c1-6-17-16(14-22)8-7-9-18(17)15(2)26-12-10-25-11-13-27-20(24)19(23)21(3,4)5/h6-9,19H,1-2,10-13,23H2,3-5H3. The molecule has 146 valence electrons. The maximum absolute atomic E-state index is 11.8. The fourth-order valence-electron chi connectivity index (χ4n) is 2.17. The van der Waals surface area contributed by atoms with Gasteiger partial charge in [-0.15, -0.1) is 0 Å². The fourth-order valence-corrected chi connectivity index (χ4v) is 2.17. The molecular weight excluding hydrogens is 344 g/mol. The van der Waals surface area contributed by atoms with Crippen molar-refractivity contribution in [3.63, 3.8) is 0 Å². The largest absolute Gasteiger partial charge is 0.491 e. The van der Waals surface area contributed by atoms with Crippen LogP contribution in [0.15, 0.2) is 31.4 Å². The summed E-state index contributed by atoms with van der Waals surface area (Å²) in [5.41, 5.74) is 7.39. The molecule has 0 aliphatic heterocycles. The summed E-state index contributed by atoms with van der Waals surface area (Å²) in [6.07, 6.45) is 1.61. The molecule has 0 aliphatic rings. The smallest absolute Gasteiger partial charge is 0.323 e. The van der Waals surface area contributed by atoms with Gasteiger partial charge in [-0.2, -0.15) is 5.26 Å². The molecule has 6 heteroatoms. The molecule has 0 aliphatic carbocycles. The van der Waals surface area contributed by atoms with Crippen LogP contribution in [0, 0.1) is 16.7 Å². The molecule has 0 aromatic heterocycles. The van der Waals surface area contributed by atoms with Gasteiger partial charge >= 0.3 is 5.97 Å². The van der Waals surface area contributed by atoms with Crippen LogP contribution in [-0.2, 0) is 19.0 Å². The zero-order chi connectivity index (χ0) is 20.4. The van der Waals surface area contributed by atoms with E-state index in [1.54, 1.807) is 18.2 Å². The number of hydrogen-bond donors (Lipinski definition) is 1. The lowest BCUT2D eigenvalue weighted by Crippen LogP contribution is -2.43. The summed E-state index contributed by atoms with van der Waals surface area (Å²) in [4.78, 5) is 11.8. The van der Waals surface area contributed by atoms with E-state index in [-0.39, 0.29) is 25.2 Å². The van der Waals surface area contributed by atoms with Crippen molar-refractivity contribution in [2.75, 3.05) is 26.4 Å². The Morgan fingerprint density at radius 3 is 2.44 bits per heavy atom. The second kappa shape index (κ2) is 10.5. The van der Waals surface area contributed by atoms with Crippen molar-refractivity contribution in [3.8, 4) is 6.07 Å². The number of esters is 1. The van der Waals surface area contributed by atoms with E-state index in [0.29, 0.717) is 29.1 Å². The SMILES string of the molecule is C=Cc1c(C#N)cccc1C(=C)OCCOCCOC(=O)C(N)C(C)(C)C. The van der Waals surface area contributed by atoms with Crippen molar-refractivity contribution >= 4 is 17.8 Å². The number of hydrogen-bond acceptors (Lipinski definition) is 6. The number of carbonyl (C=O) groups is 1. The minimum absolute atomic E-state index is 0.133. The summed E-state index contributed by atoms with van der Waals surface area (Å²) in [7, 11) is 0. The second-order valence-corrected chi connectivity index (χ2v) is 6.98. The molecule has 0 saturated carbocycles. The summed E-state index contributed by atoms with van der Waals surface area (Å²) in [6.45, 7) is 14.2. The molecule has 2 N–H and O–H groups in total. The van der Waals surface area contributed by atoms with Crippen LogP contribution in [0.4, 0.5) is 0 Å². The van der Waals surface area contributed by atoms with Crippen molar-refractivity contribution in [2.24, 2.45) is 11.1 Å². The highest BCUT2D eigenvalue weighted by Crippen LogP contribution is 2.23. The number of carbonyl (C=O) groups excluding carboxylic acids is 1. The average molecular weight is 372 g/mol. The highest BCUT2D eigenvalue weighted by Gasteiger charge is 2.28. The molecule has 0 spiro atoms. The summed E-state index contributed by atoms with van der Waals surface area (Å²) < 4.78 is 16.1. The number of rotatable bonds is 10. The monoisotopic (exact) mass is 372 g/mol. The van der Waals surface area contributed by atoms with Gasteiger partial charge in [0.25, 0.3) is 0 Å². The Kier molecular flexibility index (Phi) is 8.73. The molecule has 0 saturated heterocycles. The Balaban J connectivity index is 2.32. The van der Waals surface area contributed by atoms with Crippen LogP contribution in [0.1, 0.15) is 37.5 Å². The normalized spacial score (nSPS) is 12.0. The first kappa shape index (κ1) is 22.4. The molecule has 27 heavy (non-hydrogen) atoms. The van der Waals surface area contributed by atoms with Gasteiger partial charge in [-0.25, -0.2) is 0 Å². The van der Waals surface area contributed by atoms with Crippen LogP contribution in [0.3, 0.4) is 0 Å². The van der Waals surface area contributed by atoms with E-state index in [2.05, 4.69) is 19.2 Å². The van der Waals surface area contributed by atoms with Gasteiger partial charge in [0.15, 0.2) is 0 Å². The van der Waals surface area contributed by atoms with Crippen molar-refractivity contribution in [1.29, 1.82) is 5.26 Å². The molecule has 0 fully saturated rings. The van der Waals surface area contributed by atoms with E-state index in [4.69, 9.17) is 25.2 Å². The summed E-state index contributed by atoms with van der Waals surface area (Å²) in [6, 6.07) is 6.74. The van der Waals surface area contributed by atoms with E-state index in [0.717, 1.165) is 0 Å². The molecule has 1 aromatic rings. The van der Waals surface area contributed by atoms with Gasteiger partial charge < -0.3 is 19.9 Å². The quantitative estimate of drug-likeness (QED) is 0.385. The predicted octanol–water partition coefficient (Wildman–Crippen LogP) is 3.12. The Bertz CT molecular complexity index is 714. The van der Waals surface area contributed by atoms with Gasteiger partial charge in [0.1, 0.15) is 25.0 Å². The lowest BCUT2D eigenvalue weighted by molar-refractivity contribution is -0.149. The molecule has 1 unspecified atom stereocenters. The average Bonchev–Trinajstić information content (AvgIpc) is 2.64. The molecule has 0 amide bonds. The first-order valence-corrected chi connectivity index (χ1v) is 8.70. The zero-order valence-corrected chi connectivity index (χ0v) is 16.3. The first-order valence-electron chi connectivity index (χ1n) is 8.70. The van der Waals surface area contributed by atoms with Gasteiger partial charge in [-0.1, -0.05) is 52.1 Å². The molecular formula is C21H28N2O4. The topological polar surface area (TPSA) is 94.6 Å². The van der Waals surface area contributed by atoms with Gasteiger partial charge in [0.05, 0.1) is 24.8 Å². The first-order chi connectivity index (χ1) is 12.7. The summed E-state index contributed by atoms with van der Waals surface area (Å²) in [5.74, 6) is -0.00163. The van der Waals surface area contributed by atoms with E-state index < -0.39 is 12.0 Å². The van der Waals surface area contributed by atoms with Crippen LogP contribution in [0.2, 0.25) is 0 Å². The molecule has 0 radical (unpaired) electrons. The maximum atomic E-state index is 11.8. The molecule has 1 rings (SSSR count). The van der Waals surface area contributed by atoms with E-state index in [1.165, 1.54) is 0 Å². The van der Waals surface area contributed by atoms with Crippen molar-refractivity contribution in [2.45, 2.75) is 26.8 Å². The fraction of sp³-hybridized carbons (Fsp3) is 0.429. The van der Waals surface area contributed by atoms with Gasteiger partial charge in [-0.05, 0) is 11.5 Å². The summed E-state index contributed by atoms with van der Waals surface area (Å²) >= 11 is 0. The second-order valence-electron chi connectivity index (χ2n) is 6.98. The molecule has 1 aromatic carbocycles. The van der Waals surface area contributed by atoms with Crippen molar-refractivity contribution in [3.05, 3.63) is 48.0 Å². The highest BCUT2D eigenvalue weighted by molar-refractivity contribution is 5.76. The summed E-state index contributed by atoms with van der Waals surface area (Å²) in [5, 5.41) is 9.14. The molecule has 0 bridgehead atoms. The van der Waals surface area contributed by atoms with Crippen molar-refractivity contribution in [1.82, 2.24) is 0 Å². The Hall–Kier alpha value is -2.62. The minimum Gasteiger partial charge on any atom is -0.491 e. The molecule has 6 nitrogen and oxygen atoms in total. The third kappa shape index (κ3) is 6.89. The van der Waals surface area contributed by atoms with Crippen LogP contribution < -0.4 is 5.73 Å². The lowest BCUT2D eigenvalue weighted by Gasteiger charge is -2.24. The van der Waals surface area contributed by atoms with Crippen LogP contribution in [-0.4, -0.2) is 38.4 Å². The van der Waals surface area contributed by atoms with Gasteiger partial charge in [-0.3, -0.25) is 4.79 Å².